The Balaban J connectivity index is 1.74. The molecule has 144 valence electrons. The molecule has 2 aromatic carbocycles. The number of aryl methyl sites for hydroxylation is 2. The Morgan fingerprint density at radius 3 is 2.19 bits per heavy atom. The van der Waals surface area contributed by atoms with Crippen LogP contribution in [0, 0.1) is 13.8 Å². The van der Waals surface area contributed by atoms with Gasteiger partial charge in [-0.3, -0.25) is 9.69 Å². The first-order valence-electron chi connectivity index (χ1n) is 9.82. The van der Waals surface area contributed by atoms with Gasteiger partial charge in [0.1, 0.15) is 0 Å². The number of nitrogens with zero attached hydrogens (tertiary/aromatic N) is 2. The number of hydrogen-bond acceptors (Lipinski definition) is 3. The second-order valence-corrected chi connectivity index (χ2v) is 7.83. The molecule has 0 radical (unpaired) electrons. The minimum atomic E-state index is 0.0101. The molecule has 1 aliphatic heterocycles. The van der Waals surface area contributed by atoms with Gasteiger partial charge in [0.15, 0.2) is 0 Å². The molecule has 1 atom stereocenters. The van der Waals surface area contributed by atoms with E-state index in [0.29, 0.717) is 6.54 Å². The van der Waals surface area contributed by atoms with Crippen LogP contribution < -0.4 is 10.2 Å². The van der Waals surface area contributed by atoms with Crippen LogP contribution in [-0.2, 0) is 0 Å². The zero-order chi connectivity index (χ0) is 19.4. The highest BCUT2D eigenvalue weighted by Crippen LogP contribution is 2.26. The molecule has 1 amide bonds. The van der Waals surface area contributed by atoms with Gasteiger partial charge in [-0.2, -0.15) is 0 Å². The second kappa shape index (κ2) is 8.57. The maximum atomic E-state index is 12.7. The van der Waals surface area contributed by atoms with Crippen LogP contribution in [0.15, 0.2) is 42.5 Å². The summed E-state index contributed by atoms with van der Waals surface area (Å²) in [4.78, 5) is 17.3. The van der Waals surface area contributed by atoms with Crippen LogP contribution in [0.1, 0.15) is 45.9 Å². The maximum Gasteiger partial charge on any atom is 0.251 e. The fourth-order valence-corrected chi connectivity index (χ4v) is 3.90. The third kappa shape index (κ3) is 4.89. The van der Waals surface area contributed by atoms with Gasteiger partial charge >= 0.3 is 0 Å². The molecule has 27 heavy (non-hydrogen) atoms. The summed E-state index contributed by atoms with van der Waals surface area (Å²) in [5.41, 5.74) is 5.45. The third-order valence-corrected chi connectivity index (χ3v) is 5.32. The maximum absolute atomic E-state index is 12.7. The van der Waals surface area contributed by atoms with E-state index in [4.69, 9.17) is 0 Å². The minimum absolute atomic E-state index is 0.0101. The van der Waals surface area contributed by atoms with E-state index < -0.39 is 0 Å². The van der Waals surface area contributed by atoms with Crippen LogP contribution in [0.25, 0.3) is 0 Å². The second-order valence-electron chi connectivity index (χ2n) is 7.83. The largest absolute Gasteiger partial charge is 0.378 e. The average Bonchev–Trinajstić information content (AvgIpc) is 3.15. The number of hydrogen-bond donors (Lipinski definition) is 1. The standard InChI is InChI=1S/C23H31N3O/c1-17-13-18(2)15-20(14-17)23(27)24-16-22(26-11-5-6-12-26)19-7-9-21(10-8-19)25(3)4/h7-10,13-15,22H,5-6,11-12,16H2,1-4H3,(H,24,27). The smallest absolute Gasteiger partial charge is 0.251 e. The highest BCUT2D eigenvalue weighted by atomic mass is 16.1. The average molecular weight is 366 g/mol. The van der Waals surface area contributed by atoms with Crippen molar-refractivity contribution in [1.29, 1.82) is 0 Å². The fraction of sp³-hybridized carbons (Fsp3) is 0.435. The van der Waals surface area contributed by atoms with E-state index in [1.807, 2.05) is 26.0 Å². The van der Waals surface area contributed by atoms with Crippen LogP contribution in [0.2, 0.25) is 0 Å². The van der Waals surface area contributed by atoms with Crippen molar-refractivity contribution >= 4 is 11.6 Å². The molecule has 4 nitrogen and oxygen atoms in total. The van der Waals surface area contributed by atoms with Crippen LogP contribution in [0.4, 0.5) is 5.69 Å². The van der Waals surface area contributed by atoms with Crippen LogP contribution in [-0.4, -0.2) is 44.5 Å². The van der Waals surface area contributed by atoms with Gasteiger partial charge in [0.25, 0.3) is 5.91 Å². The molecule has 1 fully saturated rings. The number of amides is 1. The molecule has 0 spiro atoms. The lowest BCUT2D eigenvalue weighted by molar-refractivity contribution is 0.0937. The molecular formula is C23H31N3O. The zero-order valence-electron chi connectivity index (χ0n) is 17.0. The Hall–Kier alpha value is -2.33. The van der Waals surface area contributed by atoms with Crippen LogP contribution in [0.3, 0.4) is 0 Å². The normalized spacial score (nSPS) is 15.6. The van der Waals surface area contributed by atoms with Gasteiger partial charge in [-0.25, -0.2) is 0 Å². The minimum Gasteiger partial charge on any atom is -0.378 e. The lowest BCUT2D eigenvalue weighted by Crippen LogP contribution is -2.36. The monoisotopic (exact) mass is 365 g/mol. The van der Waals surface area contributed by atoms with E-state index in [1.54, 1.807) is 0 Å². The molecule has 3 rings (SSSR count). The molecule has 1 saturated heterocycles. The molecule has 2 aromatic rings. The van der Waals surface area contributed by atoms with Crippen molar-refractivity contribution in [3.63, 3.8) is 0 Å². The number of benzene rings is 2. The first-order valence-corrected chi connectivity index (χ1v) is 9.82. The Morgan fingerprint density at radius 1 is 1.04 bits per heavy atom. The molecule has 0 aliphatic carbocycles. The topological polar surface area (TPSA) is 35.6 Å². The summed E-state index contributed by atoms with van der Waals surface area (Å²) in [6.07, 6.45) is 2.47. The first-order chi connectivity index (χ1) is 12.9. The van der Waals surface area contributed by atoms with Gasteiger partial charge in [0.05, 0.1) is 6.04 Å². The number of rotatable bonds is 6. The summed E-state index contributed by atoms with van der Waals surface area (Å²) >= 11 is 0. The van der Waals surface area contributed by atoms with Crippen molar-refractivity contribution in [2.45, 2.75) is 32.7 Å². The Kier molecular flexibility index (Phi) is 6.17. The zero-order valence-corrected chi connectivity index (χ0v) is 17.0. The highest BCUT2D eigenvalue weighted by Gasteiger charge is 2.24. The Morgan fingerprint density at radius 2 is 1.63 bits per heavy atom. The van der Waals surface area contributed by atoms with Gasteiger partial charge in [0.2, 0.25) is 0 Å². The van der Waals surface area contributed by atoms with Crippen molar-refractivity contribution in [3.05, 3.63) is 64.7 Å². The van der Waals surface area contributed by atoms with E-state index in [1.165, 1.54) is 24.1 Å². The lowest BCUT2D eigenvalue weighted by atomic mass is 10.0. The Bertz CT molecular complexity index is 756. The summed E-state index contributed by atoms with van der Waals surface area (Å²) in [5, 5.41) is 3.18. The molecule has 0 saturated carbocycles. The van der Waals surface area contributed by atoms with Crippen molar-refractivity contribution in [1.82, 2.24) is 10.2 Å². The summed E-state index contributed by atoms with van der Waals surface area (Å²) in [6, 6.07) is 14.9. The quantitative estimate of drug-likeness (QED) is 0.842. The van der Waals surface area contributed by atoms with Crippen LogP contribution >= 0.6 is 0 Å². The van der Waals surface area contributed by atoms with Gasteiger partial charge in [0, 0.05) is 31.9 Å². The molecule has 4 heteroatoms. The number of anilines is 1. The van der Waals surface area contributed by atoms with E-state index in [0.717, 1.165) is 29.8 Å². The molecule has 1 unspecified atom stereocenters. The van der Waals surface area contributed by atoms with Crippen molar-refractivity contribution in [2.75, 3.05) is 38.6 Å². The van der Waals surface area contributed by atoms with Gasteiger partial charge in [-0.05, 0) is 69.6 Å². The van der Waals surface area contributed by atoms with Gasteiger partial charge < -0.3 is 10.2 Å². The molecule has 0 bridgehead atoms. The number of carbonyl (C=O) groups excluding carboxylic acids is 1. The number of nitrogens with one attached hydrogen (secondary N) is 1. The van der Waals surface area contributed by atoms with E-state index in [-0.39, 0.29) is 11.9 Å². The van der Waals surface area contributed by atoms with Crippen molar-refractivity contribution in [2.24, 2.45) is 0 Å². The van der Waals surface area contributed by atoms with E-state index in [9.17, 15) is 4.79 Å². The number of carbonyl (C=O) groups is 1. The highest BCUT2D eigenvalue weighted by molar-refractivity contribution is 5.94. The lowest BCUT2D eigenvalue weighted by Gasteiger charge is -2.28. The fourth-order valence-electron chi connectivity index (χ4n) is 3.90. The number of likely N-dealkylation sites (tertiary alicyclic amines) is 1. The Labute approximate surface area is 163 Å². The molecular weight excluding hydrogens is 334 g/mol. The summed E-state index contributed by atoms with van der Waals surface area (Å²) < 4.78 is 0. The third-order valence-electron chi connectivity index (χ3n) is 5.32. The van der Waals surface area contributed by atoms with E-state index >= 15 is 0 Å². The summed E-state index contributed by atoms with van der Waals surface area (Å²) in [6.45, 7) is 6.89. The summed E-state index contributed by atoms with van der Waals surface area (Å²) in [7, 11) is 4.11. The predicted octanol–water partition coefficient (Wildman–Crippen LogP) is 3.94. The van der Waals surface area contributed by atoms with Gasteiger partial charge in [-0.15, -0.1) is 0 Å². The molecule has 0 aromatic heterocycles. The SMILES string of the molecule is Cc1cc(C)cc(C(=O)NCC(c2ccc(N(C)C)cc2)N2CCCC2)c1. The molecule has 1 aliphatic rings. The molecule has 1 N–H and O–H groups in total. The van der Waals surface area contributed by atoms with Crippen LogP contribution in [0.5, 0.6) is 0 Å². The first kappa shape index (κ1) is 19.4. The summed E-state index contributed by atoms with van der Waals surface area (Å²) in [5.74, 6) is 0.0101. The van der Waals surface area contributed by atoms with Crippen molar-refractivity contribution < 1.29 is 4.79 Å². The van der Waals surface area contributed by atoms with Gasteiger partial charge in [-0.1, -0.05) is 29.3 Å². The molecule has 1 heterocycles. The predicted molar refractivity (Wildman–Crippen MR) is 113 cm³/mol. The van der Waals surface area contributed by atoms with E-state index in [2.05, 4.69) is 59.5 Å². The van der Waals surface area contributed by atoms with Crippen molar-refractivity contribution in [3.8, 4) is 0 Å².